The lowest BCUT2D eigenvalue weighted by Gasteiger charge is -2.36. The largest absolute Gasteiger partial charge is 0.266 e. The van der Waals surface area contributed by atoms with Gasteiger partial charge in [-0.15, -0.1) is 0 Å². The highest BCUT2D eigenvalue weighted by Crippen LogP contribution is 2.35. The molecule has 0 spiro atoms. The van der Waals surface area contributed by atoms with Gasteiger partial charge in [0.2, 0.25) is 5.12 Å². The molecule has 14 heavy (non-hydrogen) atoms. The monoisotopic (exact) mass is 212 g/mol. The number of hydrazine groups is 1. The topological polar surface area (TPSA) is 65.4 Å². The third kappa shape index (κ3) is 1.67. The van der Waals surface area contributed by atoms with Gasteiger partial charge in [0, 0.05) is 12.8 Å². The third-order valence-corrected chi connectivity index (χ3v) is 2.82. The highest BCUT2D eigenvalue weighted by Gasteiger charge is 2.42. The van der Waals surface area contributed by atoms with Crippen LogP contribution in [-0.2, 0) is 0 Å². The van der Waals surface area contributed by atoms with Gasteiger partial charge < -0.3 is 0 Å². The molecule has 0 aromatic carbocycles. The highest BCUT2D eigenvalue weighted by molar-refractivity contribution is 6.24. The number of dihydropyridines is 1. The number of hydrogen-bond donors (Lipinski definition) is 1. The Morgan fingerprint density at radius 3 is 3.00 bits per heavy atom. The molecule has 2 N–H and O–H groups in total. The Labute approximate surface area is 88.6 Å². The summed E-state index contributed by atoms with van der Waals surface area (Å²) in [6.07, 6.45) is 3.36. The minimum Gasteiger partial charge on any atom is -0.266 e. The van der Waals surface area contributed by atoms with Gasteiger partial charge in [-0.2, -0.15) is 5.26 Å². The zero-order valence-corrected chi connectivity index (χ0v) is 8.99. The van der Waals surface area contributed by atoms with Gasteiger partial charge in [-0.1, -0.05) is 18.5 Å². The van der Waals surface area contributed by atoms with Crippen LogP contribution in [0.4, 0.5) is 0 Å². The summed E-state index contributed by atoms with van der Waals surface area (Å²) >= 11 is 6.23. The van der Waals surface area contributed by atoms with Crippen LogP contribution >= 0.6 is 11.6 Å². The van der Waals surface area contributed by atoms with Gasteiger partial charge >= 0.3 is 0 Å². The second kappa shape index (κ2) is 4.09. The van der Waals surface area contributed by atoms with Crippen LogP contribution in [0.15, 0.2) is 16.6 Å². The normalized spacial score (nSPS) is 31.4. The first-order chi connectivity index (χ1) is 6.56. The molecule has 0 fully saturated rings. The number of hydrogen-bond acceptors (Lipinski definition) is 4. The van der Waals surface area contributed by atoms with Crippen LogP contribution < -0.4 is 5.84 Å². The van der Waals surface area contributed by atoms with E-state index >= 15 is 0 Å². The summed E-state index contributed by atoms with van der Waals surface area (Å²) in [5.41, 5.74) is 0.876. The molecule has 1 aliphatic heterocycles. The van der Waals surface area contributed by atoms with E-state index in [0.29, 0.717) is 6.54 Å². The molecule has 0 bridgehead atoms. The van der Waals surface area contributed by atoms with Crippen molar-refractivity contribution in [1.82, 2.24) is 5.01 Å². The number of allylic oxidation sites excluding steroid dienone is 1. The van der Waals surface area contributed by atoms with E-state index in [1.165, 1.54) is 5.01 Å². The molecule has 5 heteroatoms. The predicted molar refractivity (Wildman–Crippen MR) is 56.5 cm³/mol. The lowest BCUT2D eigenvalue weighted by Crippen LogP contribution is -2.53. The third-order valence-electron chi connectivity index (χ3n) is 2.29. The molecule has 76 valence electrons. The van der Waals surface area contributed by atoms with E-state index < -0.39 is 11.0 Å². The Kier molecular flexibility index (Phi) is 3.27. The lowest BCUT2D eigenvalue weighted by molar-refractivity contribution is 0.153. The zero-order chi connectivity index (χ0) is 10.8. The Hall–Kier alpha value is -0.890. The molecule has 0 saturated heterocycles. The van der Waals surface area contributed by atoms with Crippen molar-refractivity contribution in [2.75, 3.05) is 6.54 Å². The summed E-state index contributed by atoms with van der Waals surface area (Å²) in [4.78, 5) is 4.08. The first-order valence-electron chi connectivity index (χ1n) is 4.39. The van der Waals surface area contributed by atoms with E-state index in [2.05, 4.69) is 11.1 Å². The Balaban J connectivity index is 3.05. The second-order valence-corrected chi connectivity index (χ2v) is 3.73. The van der Waals surface area contributed by atoms with Gasteiger partial charge in [-0.25, -0.2) is 5.01 Å². The molecule has 0 amide bonds. The van der Waals surface area contributed by atoms with Crippen LogP contribution in [0.3, 0.4) is 0 Å². The first kappa shape index (κ1) is 11.2. The first-order valence-corrected chi connectivity index (χ1v) is 4.77. The molecule has 2 atom stereocenters. The van der Waals surface area contributed by atoms with E-state index in [0.717, 1.165) is 5.57 Å². The van der Waals surface area contributed by atoms with Gasteiger partial charge in [0.15, 0.2) is 0 Å². The maximum absolute atomic E-state index is 9.01. The average Bonchev–Trinajstić information content (AvgIpc) is 2.17. The summed E-state index contributed by atoms with van der Waals surface area (Å²) in [5.74, 6) is 5.22. The average molecular weight is 213 g/mol. The van der Waals surface area contributed by atoms with Crippen molar-refractivity contribution in [2.24, 2.45) is 16.8 Å². The molecule has 0 aliphatic carbocycles. The number of rotatable bonds is 2. The number of aliphatic imine (C=N–C) groups is 1. The van der Waals surface area contributed by atoms with Crippen LogP contribution in [0.2, 0.25) is 0 Å². The fourth-order valence-corrected chi connectivity index (χ4v) is 1.76. The minimum atomic E-state index is -1.15. The van der Waals surface area contributed by atoms with Crippen molar-refractivity contribution in [1.29, 1.82) is 5.26 Å². The van der Waals surface area contributed by atoms with E-state index in [1.807, 2.05) is 13.8 Å². The summed E-state index contributed by atoms with van der Waals surface area (Å²) in [5, 5.41) is 9.23. The number of alkyl halides is 1. The standard InChI is InChI=1S/C9H13ClN4/c1-3-14(12)9(10)8(6-11)7(2)4-5-13-9/h4-5,8H,3,12H2,1-2H3. The predicted octanol–water partition coefficient (Wildman–Crippen LogP) is 1.25. The number of halogens is 1. The van der Waals surface area contributed by atoms with Crippen molar-refractivity contribution in [2.45, 2.75) is 19.0 Å². The highest BCUT2D eigenvalue weighted by atomic mass is 35.5. The molecule has 1 heterocycles. The number of nitriles is 1. The van der Waals surface area contributed by atoms with Crippen LogP contribution in [0, 0.1) is 17.2 Å². The molecule has 0 radical (unpaired) electrons. The van der Waals surface area contributed by atoms with Crippen molar-refractivity contribution in [3.8, 4) is 6.07 Å². The molecule has 2 unspecified atom stereocenters. The molecular weight excluding hydrogens is 200 g/mol. The lowest BCUT2D eigenvalue weighted by atomic mass is 9.96. The minimum absolute atomic E-state index is 0.501. The molecule has 1 rings (SSSR count). The van der Waals surface area contributed by atoms with Crippen molar-refractivity contribution in [3.63, 3.8) is 0 Å². The second-order valence-electron chi connectivity index (χ2n) is 3.17. The molecule has 1 aliphatic rings. The number of nitrogens with zero attached hydrogens (tertiary/aromatic N) is 3. The van der Waals surface area contributed by atoms with Crippen LogP contribution in [0.25, 0.3) is 0 Å². The molecule has 0 aromatic rings. The summed E-state index contributed by atoms with van der Waals surface area (Å²) < 4.78 is 0. The van der Waals surface area contributed by atoms with E-state index in [1.54, 1.807) is 12.3 Å². The fraction of sp³-hybridized carbons (Fsp3) is 0.556. The van der Waals surface area contributed by atoms with E-state index in [4.69, 9.17) is 22.7 Å². The zero-order valence-electron chi connectivity index (χ0n) is 8.24. The maximum atomic E-state index is 9.01. The molecule has 4 nitrogen and oxygen atoms in total. The van der Waals surface area contributed by atoms with Crippen LogP contribution in [0.5, 0.6) is 0 Å². The summed E-state index contributed by atoms with van der Waals surface area (Å²) in [7, 11) is 0. The smallest absolute Gasteiger partial charge is 0.220 e. The Bertz CT molecular complexity index is 317. The van der Waals surface area contributed by atoms with E-state index in [9.17, 15) is 0 Å². The fourth-order valence-electron chi connectivity index (χ4n) is 1.37. The SMILES string of the molecule is CCN(N)C1(Cl)N=CC=C(C)C1C#N. The summed E-state index contributed by atoms with van der Waals surface area (Å²) in [6, 6.07) is 2.12. The van der Waals surface area contributed by atoms with Crippen molar-refractivity contribution in [3.05, 3.63) is 11.6 Å². The van der Waals surface area contributed by atoms with Gasteiger partial charge in [0.1, 0.15) is 5.92 Å². The Morgan fingerprint density at radius 1 is 1.86 bits per heavy atom. The van der Waals surface area contributed by atoms with Gasteiger partial charge in [-0.05, 0) is 18.6 Å². The van der Waals surface area contributed by atoms with E-state index in [-0.39, 0.29) is 0 Å². The molecular formula is C9H13ClN4. The summed E-state index contributed by atoms with van der Waals surface area (Å²) in [6.45, 7) is 4.24. The van der Waals surface area contributed by atoms with Crippen molar-refractivity contribution >= 4 is 17.8 Å². The van der Waals surface area contributed by atoms with Crippen LogP contribution in [0.1, 0.15) is 13.8 Å². The van der Waals surface area contributed by atoms with Gasteiger partial charge in [-0.3, -0.25) is 10.8 Å². The Morgan fingerprint density at radius 2 is 2.50 bits per heavy atom. The number of nitrogens with two attached hydrogens (primary N) is 1. The quantitative estimate of drug-likeness (QED) is 0.324. The van der Waals surface area contributed by atoms with Crippen LogP contribution in [-0.4, -0.2) is 22.9 Å². The molecule has 0 saturated carbocycles. The van der Waals surface area contributed by atoms with Gasteiger partial charge in [0.25, 0.3) is 0 Å². The molecule has 0 aromatic heterocycles. The van der Waals surface area contributed by atoms with Gasteiger partial charge in [0.05, 0.1) is 6.07 Å². The maximum Gasteiger partial charge on any atom is 0.220 e. The van der Waals surface area contributed by atoms with Crippen molar-refractivity contribution < 1.29 is 0 Å².